The van der Waals surface area contributed by atoms with Crippen molar-refractivity contribution in [1.29, 1.82) is 0 Å². The minimum absolute atomic E-state index is 0.0741. The summed E-state index contributed by atoms with van der Waals surface area (Å²) in [5.74, 6) is -0.315. The zero-order valence-corrected chi connectivity index (χ0v) is 29.6. The van der Waals surface area contributed by atoms with Gasteiger partial charge in [-0.25, -0.2) is 0 Å². The molecule has 3 nitrogen and oxygen atoms in total. The molecule has 0 spiro atoms. The molecule has 0 radical (unpaired) electrons. The van der Waals surface area contributed by atoms with Crippen molar-refractivity contribution in [3.8, 4) is 0 Å². The van der Waals surface area contributed by atoms with Crippen LogP contribution in [0.1, 0.15) is 150 Å². The van der Waals surface area contributed by atoms with E-state index >= 15 is 0 Å². The van der Waals surface area contributed by atoms with Crippen molar-refractivity contribution < 1.29 is 14.7 Å². The maximum absolute atomic E-state index is 12.7. The Morgan fingerprint density at radius 1 is 0.683 bits per heavy atom. The molecule has 0 aliphatic carbocycles. The first kappa shape index (κ1) is 35.7. The second-order valence-corrected chi connectivity index (χ2v) is 19.6. The van der Waals surface area contributed by atoms with Crippen molar-refractivity contribution >= 4 is 12.6 Å². The zero-order valence-electron chi connectivity index (χ0n) is 28.7. The van der Waals surface area contributed by atoms with Crippen LogP contribution in [0.2, 0.25) is 0 Å². The Morgan fingerprint density at radius 2 is 1.12 bits per heavy atom. The van der Waals surface area contributed by atoms with Gasteiger partial charge in [0.25, 0.3) is 0 Å². The van der Waals surface area contributed by atoms with Crippen LogP contribution >= 0.6 is 7.28 Å². The molecule has 3 N–H and O–H groups in total. The topological polar surface area (TPSA) is 60.7 Å². The third-order valence-corrected chi connectivity index (χ3v) is 11.6. The number of allylic oxidation sites excluding steroid dienone is 1. The zero-order chi connectivity index (χ0) is 32.0. The molecule has 0 bridgehead atoms. The van der Waals surface area contributed by atoms with E-state index in [-0.39, 0.29) is 27.5 Å². The van der Waals surface area contributed by atoms with Crippen LogP contribution in [0.25, 0.3) is 0 Å². The van der Waals surface area contributed by atoms with Crippen LogP contribution in [0.3, 0.4) is 0 Å². The Balaban J connectivity index is 3.14. The molecule has 41 heavy (non-hydrogen) atoms. The van der Waals surface area contributed by atoms with E-state index in [9.17, 15) is 14.7 Å². The molecular formula is C37H61O3P. The Bertz CT molecular complexity index is 1230. The molecule has 0 amide bonds. The Labute approximate surface area is 252 Å². The second kappa shape index (κ2) is 11.5. The molecule has 0 saturated carbocycles. The summed E-state index contributed by atoms with van der Waals surface area (Å²) in [5.41, 5.74) is 4.00. The number of rotatable bonds is 8. The van der Waals surface area contributed by atoms with E-state index < -0.39 is 18.4 Å². The Morgan fingerprint density at radius 3 is 1.51 bits per heavy atom. The summed E-state index contributed by atoms with van der Waals surface area (Å²) in [5, 5.41) is 0.268. The quantitative estimate of drug-likeness (QED) is 0.214. The average Bonchev–Trinajstić information content (AvgIpc) is 2.79. The molecule has 0 heterocycles. The molecule has 232 valence electrons. The molecule has 2 aromatic rings. The average molecular weight is 585 g/mol. The first-order valence-electron chi connectivity index (χ1n) is 15.5. The number of hydrogen-bond donors (Lipinski definition) is 3. The summed E-state index contributed by atoms with van der Waals surface area (Å²) >= 11 is 0. The molecule has 4 heteroatoms. The maximum atomic E-state index is 12.7. The second-order valence-electron chi connectivity index (χ2n) is 16.4. The van der Waals surface area contributed by atoms with E-state index in [1.165, 1.54) is 5.56 Å². The normalized spacial score (nSPS) is 16.2. The van der Waals surface area contributed by atoms with Crippen LogP contribution in [0.15, 0.2) is 48.6 Å². The van der Waals surface area contributed by atoms with Crippen molar-refractivity contribution in [3.05, 3.63) is 76.4 Å². The summed E-state index contributed by atoms with van der Waals surface area (Å²) in [7, 11) is -5.61. The van der Waals surface area contributed by atoms with Crippen LogP contribution in [0, 0.1) is 5.92 Å². The molecule has 2 rings (SSSR count). The number of hydrogen-bond acceptors (Lipinski definition) is 3. The van der Waals surface area contributed by atoms with Gasteiger partial charge < -0.3 is 0 Å². The van der Waals surface area contributed by atoms with E-state index in [1.807, 2.05) is 6.07 Å². The van der Waals surface area contributed by atoms with Gasteiger partial charge in [-0.15, -0.1) is 0 Å². The van der Waals surface area contributed by atoms with Crippen molar-refractivity contribution in [1.82, 2.24) is 0 Å². The summed E-state index contributed by atoms with van der Waals surface area (Å²) in [4.78, 5) is 38.2. The van der Waals surface area contributed by atoms with Crippen LogP contribution in [0.4, 0.5) is 0 Å². The van der Waals surface area contributed by atoms with Gasteiger partial charge in [-0.2, -0.15) is 0 Å². The third-order valence-electron chi connectivity index (χ3n) is 8.61. The van der Waals surface area contributed by atoms with E-state index in [4.69, 9.17) is 0 Å². The van der Waals surface area contributed by atoms with Crippen LogP contribution in [-0.2, 0) is 21.7 Å². The standard InChI is InChI=1S/C37H61O3P/c1-16-18-25(3)28(17-2)33(29-21-19-26(34(4,5)6)23-30(29)36(10,11)12)41(38,39,40)32-22-20-27(35(7,8)9)24-31(32)37(13,14)15/h19-24,28,33,38-40H,3,16-18H2,1-2,4-15H3. The van der Waals surface area contributed by atoms with Crippen LogP contribution in [-0.4, -0.2) is 14.7 Å². The van der Waals surface area contributed by atoms with E-state index in [1.54, 1.807) is 6.07 Å². The van der Waals surface area contributed by atoms with Gasteiger partial charge in [-0.1, -0.05) is 0 Å². The van der Waals surface area contributed by atoms with Gasteiger partial charge in [0.05, 0.1) is 0 Å². The summed E-state index contributed by atoms with van der Waals surface area (Å²) in [6, 6.07) is 12.2. The fourth-order valence-corrected chi connectivity index (χ4v) is 9.45. The van der Waals surface area contributed by atoms with Gasteiger partial charge >= 0.3 is 253 Å². The summed E-state index contributed by atoms with van der Waals surface area (Å²) in [6.07, 6.45) is 2.31. The molecule has 0 aliphatic rings. The van der Waals surface area contributed by atoms with Gasteiger partial charge in [0.1, 0.15) is 0 Å². The van der Waals surface area contributed by atoms with Crippen molar-refractivity contribution in [2.24, 2.45) is 5.92 Å². The van der Waals surface area contributed by atoms with E-state index in [2.05, 4.69) is 128 Å². The predicted octanol–water partition coefficient (Wildman–Crippen LogP) is 9.90. The molecule has 0 fully saturated rings. The van der Waals surface area contributed by atoms with E-state index in [0.717, 1.165) is 40.7 Å². The third kappa shape index (κ3) is 7.72. The van der Waals surface area contributed by atoms with Crippen LogP contribution < -0.4 is 5.30 Å². The van der Waals surface area contributed by atoms with Gasteiger partial charge in [0, 0.05) is 0 Å². The Hall–Kier alpha value is -1.51. The molecule has 2 unspecified atom stereocenters. The summed E-state index contributed by atoms with van der Waals surface area (Å²) in [6.45, 7) is 34.4. The van der Waals surface area contributed by atoms with Crippen molar-refractivity contribution in [2.75, 3.05) is 0 Å². The molecular weight excluding hydrogens is 523 g/mol. The number of benzene rings is 2. The minimum atomic E-state index is -5.61. The SMILES string of the molecule is C=C(CCC)C(CC)C(c1ccc(C(C)(C)C)cc1C(C)(C)C)P(O)(O)(O)c1ccc(C(C)(C)C)cc1C(C)(C)C. The predicted molar refractivity (Wildman–Crippen MR) is 181 cm³/mol. The molecule has 0 aliphatic heterocycles. The monoisotopic (exact) mass is 584 g/mol. The van der Waals surface area contributed by atoms with Crippen molar-refractivity contribution in [2.45, 2.75) is 144 Å². The van der Waals surface area contributed by atoms with Gasteiger partial charge in [0.15, 0.2) is 0 Å². The first-order chi connectivity index (χ1) is 18.3. The first-order valence-corrected chi connectivity index (χ1v) is 17.7. The van der Waals surface area contributed by atoms with Gasteiger partial charge in [-0.3, -0.25) is 0 Å². The molecule has 0 saturated heterocycles. The fourth-order valence-electron chi connectivity index (χ4n) is 6.10. The van der Waals surface area contributed by atoms with E-state index in [0.29, 0.717) is 6.42 Å². The molecule has 2 aromatic carbocycles. The van der Waals surface area contributed by atoms with Crippen LogP contribution in [0.5, 0.6) is 0 Å². The van der Waals surface area contributed by atoms with Gasteiger partial charge in [0.2, 0.25) is 0 Å². The van der Waals surface area contributed by atoms with Crippen molar-refractivity contribution in [3.63, 3.8) is 0 Å². The fraction of sp³-hybridized carbons (Fsp3) is 0.622. The summed E-state index contributed by atoms with van der Waals surface area (Å²) < 4.78 is 0. The molecule has 2 atom stereocenters. The van der Waals surface area contributed by atoms with Gasteiger partial charge in [-0.05, 0) is 0 Å². The molecule has 0 aromatic heterocycles. The Kier molecular flexibility index (Phi) is 10.0.